The second kappa shape index (κ2) is 4.29. The summed E-state index contributed by atoms with van der Waals surface area (Å²) in [5.41, 5.74) is 1.41. The van der Waals surface area contributed by atoms with E-state index in [1.807, 2.05) is 13.1 Å². The molecule has 134 valence electrons. The number of phenols is 1. The molecular weight excluding hydrogens is 334 g/mol. The highest BCUT2D eigenvalue weighted by Crippen LogP contribution is 2.68. The Hall–Kier alpha value is -2.38. The molecule has 2 aliphatic heterocycles. The number of likely N-dealkylation sites (N-methyl/N-ethyl adjacent to an activating group) is 1. The number of phenolic OH excluding ortho intramolecular Hbond substituents is 1. The molecule has 7 heteroatoms. The molecule has 1 saturated heterocycles. The summed E-state index contributed by atoms with van der Waals surface area (Å²) in [5.74, 6) is 0.546. The zero-order chi connectivity index (χ0) is 17.8. The molecule has 0 amide bonds. The zero-order valence-electron chi connectivity index (χ0n) is 14.3. The van der Waals surface area contributed by atoms with Crippen molar-refractivity contribution in [3.05, 3.63) is 51.2 Å². The van der Waals surface area contributed by atoms with Gasteiger partial charge in [0.05, 0.1) is 16.7 Å². The lowest BCUT2D eigenvalue weighted by molar-refractivity contribution is -0.168. The molecule has 7 nitrogen and oxygen atoms in total. The highest BCUT2D eigenvalue weighted by Gasteiger charge is 2.72. The topological polar surface area (TPSA) is 98.7 Å². The number of nitrogens with zero attached hydrogens (tertiary/aromatic N) is 2. The number of aromatic hydroxyl groups is 1. The van der Waals surface area contributed by atoms with Crippen molar-refractivity contribution in [2.45, 2.75) is 42.4 Å². The second-order valence-electron chi connectivity index (χ2n) is 8.10. The third kappa shape index (κ3) is 1.38. The zero-order valence-corrected chi connectivity index (χ0v) is 14.3. The number of piperidine rings is 1. The van der Waals surface area contributed by atoms with Gasteiger partial charge in [-0.1, -0.05) is 6.07 Å². The van der Waals surface area contributed by atoms with Crippen molar-refractivity contribution in [2.75, 3.05) is 13.6 Å². The number of hydrogen-bond acceptors (Lipinski definition) is 6. The van der Waals surface area contributed by atoms with E-state index >= 15 is 0 Å². The smallest absolute Gasteiger partial charge is 0.345 e. The largest absolute Gasteiger partial charge is 0.504 e. The number of aromatic amines is 1. The molecule has 0 radical (unpaired) electrons. The summed E-state index contributed by atoms with van der Waals surface area (Å²) in [5, 5.41) is 22.5. The lowest BCUT2D eigenvalue weighted by Crippen LogP contribution is -2.74. The van der Waals surface area contributed by atoms with Gasteiger partial charge in [0.2, 0.25) is 0 Å². The van der Waals surface area contributed by atoms with E-state index in [0.29, 0.717) is 30.7 Å². The first-order valence-corrected chi connectivity index (χ1v) is 8.98. The fourth-order valence-electron chi connectivity index (χ4n) is 6.04. The molecule has 0 unspecified atom stereocenters. The quantitative estimate of drug-likeness (QED) is 0.634. The van der Waals surface area contributed by atoms with Crippen LogP contribution in [0.4, 0.5) is 0 Å². The van der Waals surface area contributed by atoms with Gasteiger partial charge in [0, 0.05) is 24.2 Å². The van der Waals surface area contributed by atoms with Gasteiger partial charge in [0.25, 0.3) is 0 Å². The highest BCUT2D eigenvalue weighted by molar-refractivity contribution is 5.64. The Balaban J connectivity index is 1.74. The van der Waals surface area contributed by atoms with Crippen LogP contribution in [0.25, 0.3) is 0 Å². The summed E-state index contributed by atoms with van der Waals surface area (Å²) < 4.78 is 6.26. The molecule has 0 saturated carbocycles. The Labute approximate surface area is 149 Å². The maximum Gasteiger partial charge on any atom is 0.345 e. The third-order valence-electron chi connectivity index (χ3n) is 7.13. The van der Waals surface area contributed by atoms with E-state index < -0.39 is 22.8 Å². The van der Waals surface area contributed by atoms with Crippen LogP contribution >= 0.6 is 0 Å². The monoisotopic (exact) mass is 353 g/mol. The lowest BCUT2D eigenvalue weighted by atomic mass is 9.49. The van der Waals surface area contributed by atoms with Gasteiger partial charge in [-0.2, -0.15) is 0 Å². The normalized spacial score (nSPS) is 36.2. The molecule has 2 aromatic rings. The Morgan fingerprint density at radius 3 is 3.08 bits per heavy atom. The average molecular weight is 353 g/mol. The molecule has 1 spiro atoms. The fraction of sp³-hybridized carbons (Fsp3) is 0.474. The maximum absolute atomic E-state index is 12.1. The Bertz CT molecular complexity index is 1030. The van der Waals surface area contributed by atoms with E-state index in [1.165, 1.54) is 0 Å². The minimum absolute atomic E-state index is 0.0505. The van der Waals surface area contributed by atoms with Crippen molar-refractivity contribution in [1.29, 1.82) is 0 Å². The maximum atomic E-state index is 12.1. The van der Waals surface area contributed by atoms with Crippen LogP contribution in [-0.2, 0) is 18.3 Å². The molecule has 1 aromatic carbocycles. The number of aromatic nitrogens is 2. The van der Waals surface area contributed by atoms with Crippen molar-refractivity contribution in [2.24, 2.45) is 0 Å². The molecule has 4 aliphatic rings. The summed E-state index contributed by atoms with van der Waals surface area (Å²) in [7, 11) is 2.05. The van der Waals surface area contributed by atoms with Crippen LogP contribution in [0.2, 0.25) is 0 Å². The van der Waals surface area contributed by atoms with Gasteiger partial charge >= 0.3 is 5.69 Å². The first kappa shape index (κ1) is 14.8. The fourth-order valence-corrected chi connectivity index (χ4v) is 6.04. The van der Waals surface area contributed by atoms with Crippen molar-refractivity contribution in [1.82, 2.24) is 14.9 Å². The number of hydrogen-bond donors (Lipinski definition) is 3. The van der Waals surface area contributed by atoms with Gasteiger partial charge in [-0.25, -0.2) is 9.78 Å². The van der Waals surface area contributed by atoms with Gasteiger partial charge in [-0.15, -0.1) is 0 Å². The minimum atomic E-state index is -1.04. The molecule has 1 aromatic heterocycles. The molecule has 4 atom stereocenters. The number of aliphatic hydroxyl groups is 1. The molecule has 6 rings (SSSR count). The molecule has 2 bridgehead atoms. The standard InChI is InChI=1S/C19H19N3O4/c1-22-5-4-18-13-9-2-3-11(23)15(13)26-16(18)14-10(8-20-17(24)21-14)7-19(18,25)12(22)6-9/h2-3,8,12,16,23,25H,4-7H2,1H3,(H,20,21,24)/t12-,16+,18+,19-/m1/s1. The lowest BCUT2D eigenvalue weighted by Gasteiger charge is -2.62. The first-order chi connectivity index (χ1) is 12.5. The SMILES string of the molecule is CN1CC[C@]23c4c5ccc(O)c4O[C@H]2c2[nH]c(=O)ncc2C[C@@]3(O)[C@H]1C5. The summed E-state index contributed by atoms with van der Waals surface area (Å²) >= 11 is 0. The van der Waals surface area contributed by atoms with E-state index in [1.54, 1.807) is 12.3 Å². The molecule has 3 N–H and O–H groups in total. The minimum Gasteiger partial charge on any atom is -0.504 e. The number of rotatable bonds is 0. The van der Waals surface area contributed by atoms with Crippen LogP contribution in [0.3, 0.4) is 0 Å². The van der Waals surface area contributed by atoms with Crippen LogP contribution in [0, 0.1) is 0 Å². The predicted molar refractivity (Wildman–Crippen MR) is 91.4 cm³/mol. The molecule has 26 heavy (non-hydrogen) atoms. The predicted octanol–water partition coefficient (Wildman–Crippen LogP) is 0.394. The van der Waals surface area contributed by atoms with Crippen LogP contribution in [-0.4, -0.2) is 50.3 Å². The van der Waals surface area contributed by atoms with Crippen LogP contribution in [0.1, 0.15) is 34.9 Å². The van der Waals surface area contributed by atoms with Crippen molar-refractivity contribution < 1.29 is 14.9 Å². The van der Waals surface area contributed by atoms with Crippen molar-refractivity contribution >= 4 is 0 Å². The highest BCUT2D eigenvalue weighted by atomic mass is 16.5. The van der Waals surface area contributed by atoms with Crippen LogP contribution < -0.4 is 10.4 Å². The summed E-state index contributed by atoms with van der Waals surface area (Å²) in [6.45, 7) is 0.825. The van der Waals surface area contributed by atoms with Crippen molar-refractivity contribution in [3.8, 4) is 11.5 Å². The number of nitrogens with one attached hydrogen (secondary N) is 1. The van der Waals surface area contributed by atoms with Gasteiger partial charge < -0.3 is 24.8 Å². The number of fused-ring (bicyclic) bond motifs is 2. The van der Waals surface area contributed by atoms with E-state index in [4.69, 9.17) is 4.74 Å². The van der Waals surface area contributed by atoms with Gasteiger partial charge in [0.1, 0.15) is 0 Å². The summed E-state index contributed by atoms with van der Waals surface area (Å²) in [4.78, 5) is 20.8. The average Bonchev–Trinajstić information content (AvgIpc) is 2.96. The van der Waals surface area contributed by atoms with E-state index in [-0.39, 0.29) is 11.8 Å². The number of ether oxygens (including phenoxy) is 1. The van der Waals surface area contributed by atoms with E-state index in [2.05, 4.69) is 14.9 Å². The molecule has 3 heterocycles. The summed E-state index contributed by atoms with van der Waals surface area (Å²) in [6, 6.07) is 3.56. The van der Waals surface area contributed by atoms with E-state index in [9.17, 15) is 15.0 Å². The van der Waals surface area contributed by atoms with Crippen molar-refractivity contribution in [3.63, 3.8) is 0 Å². The molecule has 1 fully saturated rings. The third-order valence-corrected chi connectivity index (χ3v) is 7.13. The summed E-state index contributed by atoms with van der Waals surface area (Å²) in [6.07, 6.45) is 2.85. The van der Waals surface area contributed by atoms with E-state index in [0.717, 1.165) is 23.2 Å². The Morgan fingerprint density at radius 2 is 2.23 bits per heavy atom. The second-order valence-corrected chi connectivity index (χ2v) is 8.10. The number of likely N-dealkylation sites (tertiary alicyclic amines) is 1. The van der Waals surface area contributed by atoms with Gasteiger partial charge in [-0.3, -0.25) is 0 Å². The Kier molecular flexibility index (Phi) is 2.44. The molecular formula is C19H19N3O4. The number of H-pyrrole nitrogens is 1. The Morgan fingerprint density at radius 1 is 1.38 bits per heavy atom. The van der Waals surface area contributed by atoms with Gasteiger partial charge in [0.15, 0.2) is 17.6 Å². The molecule has 2 aliphatic carbocycles. The van der Waals surface area contributed by atoms with Gasteiger partial charge in [-0.05, 0) is 43.6 Å². The van der Waals surface area contributed by atoms with Crippen LogP contribution in [0.5, 0.6) is 11.5 Å². The number of benzene rings is 1. The first-order valence-electron chi connectivity index (χ1n) is 8.98. The van der Waals surface area contributed by atoms with Crippen LogP contribution in [0.15, 0.2) is 23.1 Å².